The van der Waals surface area contributed by atoms with E-state index in [4.69, 9.17) is 13.9 Å². The van der Waals surface area contributed by atoms with Crippen LogP contribution in [0.15, 0.2) is 40.8 Å². The number of amides is 1. The van der Waals surface area contributed by atoms with E-state index in [1.807, 2.05) is 31.2 Å². The van der Waals surface area contributed by atoms with Crippen molar-refractivity contribution in [1.82, 2.24) is 0 Å². The Morgan fingerprint density at radius 2 is 1.88 bits per heavy atom. The zero-order valence-corrected chi connectivity index (χ0v) is 14.2. The number of ether oxygens (including phenoxy) is 2. The van der Waals surface area contributed by atoms with Gasteiger partial charge in [0.05, 0.1) is 19.3 Å². The molecule has 130 valence electrons. The highest BCUT2D eigenvalue weighted by Gasteiger charge is 2.13. The molecule has 2 aromatic carbocycles. The molecule has 3 rings (SSSR count). The highest BCUT2D eigenvalue weighted by atomic mass is 16.5. The third kappa shape index (κ3) is 3.34. The van der Waals surface area contributed by atoms with Gasteiger partial charge in [-0.2, -0.15) is 0 Å². The van der Waals surface area contributed by atoms with Gasteiger partial charge in [-0.3, -0.25) is 4.79 Å². The normalized spacial score (nSPS) is 11.0. The number of hydrogen-bond acceptors (Lipinski definition) is 5. The molecule has 1 heterocycles. The van der Waals surface area contributed by atoms with Crippen molar-refractivity contribution >= 4 is 40.0 Å². The fraction of sp³-hybridized carbons (Fsp3) is 0.263. The van der Waals surface area contributed by atoms with Crippen LogP contribution in [0.3, 0.4) is 0 Å². The molecular formula is C19H19NO5. The van der Waals surface area contributed by atoms with Gasteiger partial charge in [0.2, 0.25) is 6.41 Å². The van der Waals surface area contributed by atoms with Gasteiger partial charge >= 0.3 is 5.97 Å². The maximum absolute atomic E-state index is 11.7. The minimum Gasteiger partial charge on any atom is -0.465 e. The third-order valence-corrected chi connectivity index (χ3v) is 4.02. The van der Waals surface area contributed by atoms with Crippen LogP contribution in [0.1, 0.15) is 17.3 Å². The number of carbonyl (C=O) groups is 2. The van der Waals surface area contributed by atoms with Gasteiger partial charge in [0.15, 0.2) is 0 Å². The molecule has 0 atom stereocenters. The van der Waals surface area contributed by atoms with Crippen LogP contribution in [-0.2, 0) is 14.3 Å². The van der Waals surface area contributed by atoms with E-state index in [0.717, 1.165) is 22.9 Å². The fourth-order valence-corrected chi connectivity index (χ4v) is 2.74. The standard InChI is InChI=1S/C19H19NO5/c1-3-24-9-8-20(12-21)14-5-7-16-15-6-4-13(19(22)23-2)10-17(15)25-18(16)11-14/h4-7,10-12H,3,8-9H2,1-2H3. The van der Waals surface area contributed by atoms with Gasteiger partial charge in [0.1, 0.15) is 11.2 Å². The summed E-state index contributed by atoms with van der Waals surface area (Å²) in [5.41, 5.74) is 2.41. The van der Waals surface area contributed by atoms with E-state index >= 15 is 0 Å². The molecule has 0 aliphatic rings. The molecule has 0 radical (unpaired) electrons. The molecule has 0 unspecified atom stereocenters. The monoisotopic (exact) mass is 341 g/mol. The van der Waals surface area contributed by atoms with Crippen molar-refractivity contribution in [3.8, 4) is 0 Å². The summed E-state index contributed by atoms with van der Waals surface area (Å²) >= 11 is 0. The Morgan fingerprint density at radius 1 is 1.16 bits per heavy atom. The highest BCUT2D eigenvalue weighted by Crippen LogP contribution is 2.32. The van der Waals surface area contributed by atoms with Gasteiger partial charge in [-0.15, -0.1) is 0 Å². The Hall–Kier alpha value is -2.86. The van der Waals surface area contributed by atoms with Gasteiger partial charge in [0, 0.05) is 35.7 Å². The lowest BCUT2D eigenvalue weighted by Crippen LogP contribution is -2.25. The maximum atomic E-state index is 11.7. The summed E-state index contributed by atoms with van der Waals surface area (Å²) < 4.78 is 15.9. The number of rotatable bonds is 7. The third-order valence-electron chi connectivity index (χ3n) is 4.02. The van der Waals surface area contributed by atoms with E-state index in [-0.39, 0.29) is 0 Å². The lowest BCUT2D eigenvalue weighted by molar-refractivity contribution is -0.107. The molecule has 1 amide bonds. The first-order chi connectivity index (χ1) is 12.2. The van der Waals surface area contributed by atoms with Crippen LogP contribution in [0.2, 0.25) is 0 Å². The molecule has 0 spiro atoms. The summed E-state index contributed by atoms with van der Waals surface area (Å²) in [7, 11) is 1.34. The van der Waals surface area contributed by atoms with Crippen molar-refractivity contribution in [3.05, 3.63) is 42.0 Å². The molecule has 6 heteroatoms. The summed E-state index contributed by atoms with van der Waals surface area (Å²) in [6.45, 7) is 3.46. The molecule has 0 fully saturated rings. The van der Waals surface area contributed by atoms with Crippen LogP contribution in [0.5, 0.6) is 0 Å². The number of methoxy groups -OCH3 is 1. The molecule has 1 aromatic heterocycles. The van der Waals surface area contributed by atoms with Gasteiger partial charge in [0.25, 0.3) is 0 Å². The van der Waals surface area contributed by atoms with Crippen molar-refractivity contribution < 1.29 is 23.5 Å². The lowest BCUT2D eigenvalue weighted by Gasteiger charge is -2.17. The van der Waals surface area contributed by atoms with Crippen molar-refractivity contribution in [2.75, 3.05) is 31.8 Å². The summed E-state index contributed by atoms with van der Waals surface area (Å²) in [5.74, 6) is -0.411. The number of nitrogens with zero attached hydrogens (tertiary/aromatic N) is 1. The maximum Gasteiger partial charge on any atom is 0.337 e. The molecule has 0 aliphatic carbocycles. The molecule has 3 aromatic rings. The predicted octanol–water partition coefficient (Wildman–Crippen LogP) is 3.37. The van der Waals surface area contributed by atoms with Crippen molar-refractivity contribution in [2.24, 2.45) is 0 Å². The summed E-state index contributed by atoms with van der Waals surface area (Å²) in [4.78, 5) is 24.6. The van der Waals surface area contributed by atoms with Gasteiger partial charge in [-0.05, 0) is 37.3 Å². The highest BCUT2D eigenvalue weighted by molar-refractivity contribution is 6.07. The Balaban J connectivity index is 1.98. The van der Waals surface area contributed by atoms with Crippen LogP contribution >= 0.6 is 0 Å². The Kier molecular flexibility index (Phi) is 5.00. The second kappa shape index (κ2) is 7.36. The number of esters is 1. The molecule has 25 heavy (non-hydrogen) atoms. The summed E-state index contributed by atoms with van der Waals surface area (Å²) in [6.07, 6.45) is 0.776. The Labute approximate surface area is 144 Å². The lowest BCUT2D eigenvalue weighted by atomic mass is 10.1. The molecule has 0 saturated heterocycles. The second-order valence-corrected chi connectivity index (χ2v) is 5.48. The summed E-state index contributed by atoms with van der Waals surface area (Å²) in [5, 5.41) is 1.83. The molecule has 0 bridgehead atoms. The summed E-state index contributed by atoms with van der Waals surface area (Å²) in [6, 6.07) is 10.8. The number of hydrogen-bond donors (Lipinski definition) is 0. The zero-order valence-electron chi connectivity index (χ0n) is 14.2. The van der Waals surface area contributed by atoms with Crippen LogP contribution < -0.4 is 4.90 Å². The average molecular weight is 341 g/mol. The molecule has 0 aliphatic heterocycles. The van der Waals surface area contributed by atoms with Crippen LogP contribution in [0, 0.1) is 0 Å². The smallest absolute Gasteiger partial charge is 0.337 e. The first kappa shape index (κ1) is 17.0. The van der Waals surface area contributed by atoms with E-state index in [1.165, 1.54) is 7.11 Å². The van der Waals surface area contributed by atoms with E-state index in [2.05, 4.69) is 0 Å². The van der Waals surface area contributed by atoms with E-state index in [1.54, 1.807) is 17.0 Å². The van der Waals surface area contributed by atoms with Crippen molar-refractivity contribution in [1.29, 1.82) is 0 Å². The number of anilines is 1. The number of fused-ring (bicyclic) bond motifs is 3. The van der Waals surface area contributed by atoms with Crippen LogP contribution in [0.4, 0.5) is 5.69 Å². The van der Waals surface area contributed by atoms with Crippen LogP contribution in [0.25, 0.3) is 21.9 Å². The quantitative estimate of drug-likeness (QED) is 0.374. The van der Waals surface area contributed by atoms with E-state index < -0.39 is 5.97 Å². The fourth-order valence-electron chi connectivity index (χ4n) is 2.74. The number of furan rings is 1. The van der Waals surface area contributed by atoms with Crippen LogP contribution in [-0.4, -0.2) is 39.2 Å². The number of carbonyl (C=O) groups excluding carboxylic acids is 2. The largest absolute Gasteiger partial charge is 0.465 e. The molecule has 0 saturated carbocycles. The van der Waals surface area contributed by atoms with Gasteiger partial charge in [-0.1, -0.05) is 0 Å². The van der Waals surface area contributed by atoms with E-state index in [9.17, 15) is 9.59 Å². The SMILES string of the molecule is CCOCCN(C=O)c1ccc2c(c1)oc1cc(C(=O)OC)ccc12. The first-order valence-electron chi connectivity index (χ1n) is 8.02. The Bertz CT molecular complexity index is 915. The van der Waals surface area contributed by atoms with Gasteiger partial charge in [-0.25, -0.2) is 4.79 Å². The minimum atomic E-state index is -0.411. The topological polar surface area (TPSA) is 69.0 Å². The first-order valence-corrected chi connectivity index (χ1v) is 8.02. The molecule has 0 N–H and O–H groups in total. The second-order valence-electron chi connectivity index (χ2n) is 5.48. The Morgan fingerprint density at radius 3 is 2.56 bits per heavy atom. The minimum absolute atomic E-state index is 0.411. The van der Waals surface area contributed by atoms with Gasteiger partial charge < -0.3 is 18.8 Å². The van der Waals surface area contributed by atoms with Crippen molar-refractivity contribution in [2.45, 2.75) is 6.92 Å². The number of benzene rings is 2. The average Bonchev–Trinajstić information content (AvgIpc) is 3.01. The van der Waals surface area contributed by atoms with E-state index in [0.29, 0.717) is 36.5 Å². The zero-order chi connectivity index (χ0) is 17.8. The molecular weight excluding hydrogens is 322 g/mol. The van der Waals surface area contributed by atoms with Crippen molar-refractivity contribution in [3.63, 3.8) is 0 Å². The molecule has 6 nitrogen and oxygen atoms in total. The predicted molar refractivity (Wildman–Crippen MR) is 95.0 cm³/mol.